The van der Waals surface area contributed by atoms with Gasteiger partial charge in [0.25, 0.3) is 0 Å². The molecule has 0 saturated heterocycles. The first-order valence-electron chi connectivity index (χ1n) is 8.29. The molecular weight excluding hydrogens is 348 g/mol. The molecular formula is C21H28O6. The second-order valence-electron chi connectivity index (χ2n) is 5.53. The molecule has 3 rings (SSSR count). The zero-order valence-electron chi connectivity index (χ0n) is 15.7. The molecule has 0 aliphatic carbocycles. The van der Waals surface area contributed by atoms with Crippen molar-refractivity contribution < 1.29 is 30.3 Å². The first kappa shape index (κ1) is 23.7. The first-order chi connectivity index (χ1) is 12.7. The van der Waals surface area contributed by atoms with Crippen LogP contribution in [-0.4, -0.2) is 32.1 Å². The molecule has 0 spiro atoms. The third-order valence-electron chi connectivity index (χ3n) is 2.88. The number of allylic oxidation sites excluding steroid dienone is 2. The molecule has 0 amide bonds. The van der Waals surface area contributed by atoms with E-state index in [1.807, 2.05) is 6.92 Å². The van der Waals surface area contributed by atoms with Gasteiger partial charge in [-0.2, -0.15) is 0 Å². The van der Waals surface area contributed by atoms with Crippen LogP contribution in [0.25, 0.3) is 0 Å². The Kier molecular flexibility index (Phi) is 11.4. The van der Waals surface area contributed by atoms with Crippen molar-refractivity contribution in [2.45, 2.75) is 26.7 Å². The van der Waals surface area contributed by atoms with Crippen molar-refractivity contribution in [3.63, 3.8) is 0 Å². The fourth-order valence-corrected chi connectivity index (χ4v) is 1.89. The normalized spacial score (nSPS) is 10.7. The molecule has 1 aliphatic rings. The van der Waals surface area contributed by atoms with Crippen LogP contribution in [0.2, 0.25) is 0 Å². The van der Waals surface area contributed by atoms with Gasteiger partial charge < -0.3 is 30.3 Å². The minimum Gasteiger partial charge on any atom is -0.513 e. The third kappa shape index (κ3) is 10.3. The van der Waals surface area contributed by atoms with E-state index in [1.54, 1.807) is 18.2 Å². The molecule has 148 valence electrons. The molecule has 2 aromatic carbocycles. The summed E-state index contributed by atoms with van der Waals surface area (Å²) in [6, 6.07) is 9.02. The monoisotopic (exact) mass is 376 g/mol. The predicted molar refractivity (Wildman–Crippen MR) is 107 cm³/mol. The molecule has 0 atom stereocenters. The number of rotatable bonds is 0. The summed E-state index contributed by atoms with van der Waals surface area (Å²) in [7, 11) is 0. The SMILES string of the molecule is C=C(C)O.C=CC.Oc1cc(O)c2c(c1)OCCC2.Oc1ccccc1O. The molecule has 2 aromatic rings. The maximum atomic E-state index is 9.40. The Morgan fingerprint density at radius 1 is 1.04 bits per heavy atom. The summed E-state index contributed by atoms with van der Waals surface area (Å²) in [5.74, 6) is 0.802. The average Bonchev–Trinajstić information content (AvgIpc) is 2.58. The number of hydrogen-bond acceptors (Lipinski definition) is 6. The van der Waals surface area contributed by atoms with E-state index in [2.05, 4.69) is 13.2 Å². The van der Waals surface area contributed by atoms with Gasteiger partial charge in [0, 0.05) is 17.7 Å². The Morgan fingerprint density at radius 3 is 1.96 bits per heavy atom. The average molecular weight is 376 g/mol. The zero-order chi connectivity index (χ0) is 20.8. The largest absolute Gasteiger partial charge is 0.513 e. The van der Waals surface area contributed by atoms with E-state index >= 15 is 0 Å². The lowest BCUT2D eigenvalue weighted by molar-refractivity contribution is 0.281. The molecule has 0 unspecified atom stereocenters. The predicted octanol–water partition coefficient (Wildman–Crippen LogP) is 4.79. The van der Waals surface area contributed by atoms with Crippen molar-refractivity contribution in [1.29, 1.82) is 0 Å². The van der Waals surface area contributed by atoms with E-state index in [9.17, 15) is 5.11 Å². The molecule has 0 aromatic heterocycles. The maximum absolute atomic E-state index is 9.40. The molecule has 0 radical (unpaired) electrons. The minimum atomic E-state index is -0.0764. The van der Waals surface area contributed by atoms with E-state index in [1.165, 1.54) is 31.2 Å². The van der Waals surface area contributed by atoms with Gasteiger partial charge in [0.15, 0.2) is 11.5 Å². The topological polar surface area (TPSA) is 110 Å². The number of aromatic hydroxyl groups is 4. The summed E-state index contributed by atoms with van der Waals surface area (Å²) in [5.41, 5.74) is 0.805. The Labute approximate surface area is 159 Å². The summed E-state index contributed by atoms with van der Waals surface area (Å²) >= 11 is 0. The number of hydrogen-bond donors (Lipinski definition) is 5. The van der Waals surface area contributed by atoms with E-state index in [0.29, 0.717) is 12.4 Å². The van der Waals surface area contributed by atoms with Crippen molar-refractivity contribution in [3.05, 3.63) is 67.0 Å². The summed E-state index contributed by atoms with van der Waals surface area (Å²) < 4.78 is 5.27. The third-order valence-corrected chi connectivity index (χ3v) is 2.88. The van der Waals surface area contributed by atoms with Crippen LogP contribution in [0.4, 0.5) is 0 Å². The summed E-state index contributed by atoms with van der Waals surface area (Å²) in [6.07, 6.45) is 3.49. The van der Waals surface area contributed by atoms with Crippen LogP contribution in [0, 0.1) is 0 Å². The number of fused-ring (bicyclic) bond motifs is 1. The van der Waals surface area contributed by atoms with E-state index < -0.39 is 0 Å². The van der Waals surface area contributed by atoms with Crippen LogP contribution in [0.15, 0.2) is 61.4 Å². The van der Waals surface area contributed by atoms with Crippen molar-refractivity contribution in [2.24, 2.45) is 0 Å². The summed E-state index contributed by atoms with van der Waals surface area (Å²) in [6.45, 7) is 10.6. The van der Waals surface area contributed by atoms with Gasteiger partial charge in [-0.25, -0.2) is 0 Å². The minimum absolute atomic E-state index is 0.0492. The second-order valence-corrected chi connectivity index (χ2v) is 5.53. The fraction of sp³-hybridized carbons (Fsp3) is 0.238. The Hall–Kier alpha value is -3.28. The van der Waals surface area contributed by atoms with Crippen molar-refractivity contribution in [3.8, 4) is 28.7 Å². The van der Waals surface area contributed by atoms with E-state index in [0.717, 1.165) is 18.4 Å². The van der Waals surface area contributed by atoms with Crippen molar-refractivity contribution in [1.82, 2.24) is 0 Å². The van der Waals surface area contributed by atoms with Crippen LogP contribution >= 0.6 is 0 Å². The van der Waals surface area contributed by atoms with E-state index in [4.69, 9.17) is 25.2 Å². The number of aliphatic hydroxyl groups excluding tert-OH is 1. The molecule has 0 saturated carbocycles. The highest BCUT2D eigenvalue weighted by Crippen LogP contribution is 2.35. The van der Waals surface area contributed by atoms with Gasteiger partial charge in [-0.15, -0.1) is 6.58 Å². The number of benzene rings is 2. The highest BCUT2D eigenvalue weighted by molar-refractivity contribution is 5.50. The lowest BCUT2D eigenvalue weighted by Crippen LogP contribution is -2.07. The lowest BCUT2D eigenvalue weighted by atomic mass is 10.1. The number of phenolic OH excluding ortho intramolecular Hbond substituents is 4. The van der Waals surface area contributed by atoms with Crippen molar-refractivity contribution >= 4 is 0 Å². The van der Waals surface area contributed by atoms with Crippen LogP contribution in [-0.2, 0) is 6.42 Å². The quantitative estimate of drug-likeness (QED) is 0.257. The van der Waals surface area contributed by atoms with Crippen LogP contribution < -0.4 is 4.74 Å². The Bertz CT molecular complexity index is 700. The molecule has 5 N–H and O–H groups in total. The fourth-order valence-electron chi connectivity index (χ4n) is 1.89. The molecule has 0 fully saturated rings. The number of para-hydroxylation sites is 2. The van der Waals surface area contributed by atoms with Crippen LogP contribution in [0.1, 0.15) is 25.8 Å². The Morgan fingerprint density at radius 2 is 1.52 bits per heavy atom. The van der Waals surface area contributed by atoms with Gasteiger partial charge in [0.05, 0.1) is 12.4 Å². The standard InChI is InChI=1S/C9H10O3.C6H6O2.C3H6O.C3H6/c10-6-4-8(11)7-2-1-3-12-9(7)5-6;7-5-3-1-2-4-6(5)8;1-3(2)4;1-3-2/h4-5,10-11H,1-3H2;1-4,7-8H;4H,1H2,2H3;3H,1H2,2H3. The van der Waals surface area contributed by atoms with Gasteiger partial charge in [0.1, 0.15) is 17.2 Å². The number of phenols is 4. The molecule has 1 heterocycles. The summed E-state index contributed by atoms with van der Waals surface area (Å²) in [4.78, 5) is 0. The Balaban J connectivity index is 0.000000390. The van der Waals surface area contributed by atoms with Crippen molar-refractivity contribution in [2.75, 3.05) is 6.61 Å². The smallest absolute Gasteiger partial charge is 0.157 e. The maximum Gasteiger partial charge on any atom is 0.157 e. The number of ether oxygens (including phenoxy) is 1. The molecule has 27 heavy (non-hydrogen) atoms. The lowest BCUT2D eigenvalue weighted by Gasteiger charge is -2.17. The first-order valence-corrected chi connectivity index (χ1v) is 8.29. The van der Waals surface area contributed by atoms with E-state index in [-0.39, 0.29) is 28.8 Å². The summed E-state index contributed by atoms with van der Waals surface area (Å²) in [5, 5.41) is 43.7. The van der Waals surface area contributed by atoms with Gasteiger partial charge in [-0.1, -0.05) is 24.8 Å². The van der Waals surface area contributed by atoms with Gasteiger partial charge >= 0.3 is 0 Å². The highest BCUT2D eigenvalue weighted by atomic mass is 16.5. The zero-order valence-corrected chi connectivity index (χ0v) is 15.7. The molecule has 1 aliphatic heterocycles. The second kappa shape index (κ2) is 13.0. The molecule has 0 bridgehead atoms. The van der Waals surface area contributed by atoms with Gasteiger partial charge in [-0.3, -0.25) is 0 Å². The van der Waals surface area contributed by atoms with Gasteiger partial charge in [-0.05, 0) is 38.8 Å². The molecule has 6 heteroatoms. The van der Waals surface area contributed by atoms with Gasteiger partial charge in [0.2, 0.25) is 0 Å². The number of aliphatic hydroxyl groups is 1. The van der Waals surface area contributed by atoms with Crippen LogP contribution in [0.3, 0.4) is 0 Å². The van der Waals surface area contributed by atoms with Crippen LogP contribution in [0.5, 0.6) is 28.7 Å². The molecule has 6 nitrogen and oxygen atoms in total. The highest BCUT2D eigenvalue weighted by Gasteiger charge is 2.15.